The van der Waals surface area contributed by atoms with E-state index in [-0.39, 0.29) is 16.3 Å². The normalized spacial score (nSPS) is 11.4. The summed E-state index contributed by atoms with van der Waals surface area (Å²) in [5.74, 6) is -0.133. The molecule has 0 unspecified atom stereocenters. The van der Waals surface area contributed by atoms with Crippen LogP contribution in [0.4, 0.5) is 5.69 Å². The molecule has 0 aliphatic carbocycles. The summed E-state index contributed by atoms with van der Waals surface area (Å²) in [6, 6.07) is 7.80. The largest absolute Gasteiger partial charge is 0.505 e. The van der Waals surface area contributed by atoms with Crippen LogP contribution in [0.5, 0.6) is 5.75 Å². The van der Waals surface area contributed by atoms with Crippen LogP contribution in [-0.2, 0) is 10.0 Å². The van der Waals surface area contributed by atoms with Crippen LogP contribution in [0, 0.1) is 20.8 Å². The minimum Gasteiger partial charge on any atom is -0.505 e. The van der Waals surface area contributed by atoms with Gasteiger partial charge in [-0.2, -0.15) is 0 Å². The van der Waals surface area contributed by atoms with E-state index in [2.05, 4.69) is 4.72 Å². The summed E-state index contributed by atoms with van der Waals surface area (Å²) in [5.41, 5.74) is 2.46. The van der Waals surface area contributed by atoms with Gasteiger partial charge in [0.2, 0.25) is 0 Å². The number of benzene rings is 2. The van der Waals surface area contributed by atoms with Gasteiger partial charge in [-0.25, -0.2) is 8.42 Å². The second-order valence-electron chi connectivity index (χ2n) is 4.97. The van der Waals surface area contributed by atoms with Crippen LogP contribution in [0.2, 0.25) is 5.02 Å². The molecule has 0 atom stereocenters. The Balaban J connectivity index is 2.44. The van der Waals surface area contributed by atoms with Crippen LogP contribution in [0.1, 0.15) is 16.7 Å². The highest BCUT2D eigenvalue weighted by Crippen LogP contribution is 2.32. The van der Waals surface area contributed by atoms with Crippen LogP contribution < -0.4 is 4.72 Å². The molecule has 2 N–H and O–H groups in total. The number of phenols is 1. The molecule has 2 aromatic rings. The molecule has 0 amide bonds. The van der Waals surface area contributed by atoms with Crippen molar-refractivity contribution in [3.8, 4) is 5.75 Å². The highest BCUT2D eigenvalue weighted by atomic mass is 35.5. The van der Waals surface area contributed by atoms with Crippen molar-refractivity contribution in [2.24, 2.45) is 0 Å². The predicted octanol–water partition coefficient (Wildman–Crippen LogP) is 3.77. The lowest BCUT2D eigenvalue weighted by Crippen LogP contribution is -2.13. The van der Waals surface area contributed by atoms with Gasteiger partial charge in [0.05, 0.1) is 10.6 Å². The average Bonchev–Trinajstić information content (AvgIpc) is 2.38. The lowest BCUT2D eigenvalue weighted by Gasteiger charge is -2.12. The molecule has 4 nitrogen and oxygen atoms in total. The second kappa shape index (κ2) is 5.58. The lowest BCUT2D eigenvalue weighted by molar-refractivity contribution is 0.473. The first kappa shape index (κ1) is 15.7. The van der Waals surface area contributed by atoms with E-state index in [4.69, 9.17) is 11.6 Å². The molecule has 0 bridgehead atoms. The van der Waals surface area contributed by atoms with E-state index >= 15 is 0 Å². The number of hydrogen-bond donors (Lipinski definition) is 2. The molecule has 0 heterocycles. The zero-order valence-corrected chi connectivity index (χ0v) is 13.5. The van der Waals surface area contributed by atoms with Crippen molar-refractivity contribution in [1.29, 1.82) is 0 Å². The highest BCUT2D eigenvalue weighted by Gasteiger charge is 2.18. The molecule has 112 valence electrons. The van der Waals surface area contributed by atoms with E-state index in [1.807, 2.05) is 13.8 Å². The monoisotopic (exact) mass is 325 g/mol. The third-order valence-electron chi connectivity index (χ3n) is 3.30. The SMILES string of the molecule is Cc1ccc(S(=O)(=O)Nc2cc(Cl)cc(C)c2O)cc1C. The molecule has 6 heteroatoms. The fraction of sp³-hybridized carbons (Fsp3) is 0.200. The first-order valence-electron chi connectivity index (χ1n) is 6.30. The maximum Gasteiger partial charge on any atom is 0.262 e. The van der Waals surface area contributed by atoms with Gasteiger partial charge in [0.25, 0.3) is 10.0 Å². The Bertz CT molecular complexity index is 801. The Morgan fingerprint density at radius 2 is 1.67 bits per heavy atom. The smallest absolute Gasteiger partial charge is 0.262 e. The molecule has 0 aliphatic heterocycles. The van der Waals surface area contributed by atoms with Gasteiger partial charge < -0.3 is 5.11 Å². The van der Waals surface area contributed by atoms with Crippen molar-refractivity contribution in [1.82, 2.24) is 0 Å². The fourth-order valence-electron chi connectivity index (χ4n) is 1.90. The Labute approximate surface area is 129 Å². The van der Waals surface area contributed by atoms with E-state index in [0.717, 1.165) is 11.1 Å². The number of aryl methyl sites for hydroxylation is 3. The zero-order chi connectivity index (χ0) is 15.8. The van der Waals surface area contributed by atoms with E-state index in [9.17, 15) is 13.5 Å². The number of phenolic OH excluding ortho intramolecular Hbond substituents is 1. The topological polar surface area (TPSA) is 66.4 Å². The minimum atomic E-state index is -3.78. The summed E-state index contributed by atoms with van der Waals surface area (Å²) in [7, 11) is -3.78. The van der Waals surface area contributed by atoms with Crippen molar-refractivity contribution in [2.45, 2.75) is 25.7 Å². The molecule has 0 aliphatic rings. The van der Waals surface area contributed by atoms with Crippen molar-refractivity contribution >= 4 is 27.3 Å². The maximum absolute atomic E-state index is 12.4. The molecule has 0 saturated heterocycles. The molecule has 0 fully saturated rings. The first-order chi connectivity index (χ1) is 9.70. The number of halogens is 1. The Morgan fingerprint density at radius 3 is 2.29 bits per heavy atom. The summed E-state index contributed by atoms with van der Waals surface area (Å²) >= 11 is 5.90. The Kier molecular flexibility index (Phi) is 4.16. The third-order valence-corrected chi connectivity index (χ3v) is 4.88. The number of aromatic hydroxyl groups is 1. The van der Waals surface area contributed by atoms with E-state index in [0.29, 0.717) is 10.6 Å². The highest BCUT2D eigenvalue weighted by molar-refractivity contribution is 7.92. The van der Waals surface area contributed by atoms with Gasteiger partial charge in [0.1, 0.15) is 5.75 Å². The zero-order valence-electron chi connectivity index (χ0n) is 11.9. The molecule has 0 spiro atoms. The van der Waals surface area contributed by atoms with E-state index < -0.39 is 10.0 Å². The van der Waals surface area contributed by atoms with Gasteiger partial charge in [0.15, 0.2) is 0 Å². The number of nitrogens with one attached hydrogen (secondary N) is 1. The van der Waals surface area contributed by atoms with Gasteiger partial charge in [-0.05, 0) is 61.7 Å². The first-order valence-corrected chi connectivity index (χ1v) is 8.16. The van der Waals surface area contributed by atoms with Gasteiger partial charge in [-0.3, -0.25) is 4.72 Å². The molecule has 0 radical (unpaired) electrons. The summed E-state index contributed by atoms with van der Waals surface area (Å²) in [4.78, 5) is 0.141. The predicted molar refractivity (Wildman–Crippen MR) is 84.6 cm³/mol. The molecule has 0 saturated carbocycles. The lowest BCUT2D eigenvalue weighted by atomic mass is 10.1. The van der Waals surface area contributed by atoms with Gasteiger partial charge >= 0.3 is 0 Å². The molecular weight excluding hydrogens is 310 g/mol. The Hall–Kier alpha value is -1.72. The van der Waals surface area contributed by atoms with Crippen molar-refractivity contribution in [2.75, 3.05) is 4.72 Å². The van der Waals surface area contributed by atoms with E-state index in [1.54, 1.807) is 25.1 Å². The molecule has 2 rings (SSSR count). The van der Waals surface area contributed by atoms with Gasteiger partial charge in [0, 0.05) is 5.02 Å². The van der Waals surface area contributed by atoms with Gasteiger partial charge in [-0.15, -0.1) is 0 Å². The van der Waals surface area contributed by atoms with Crippen LogP contribution >= 0.6 is 11.6 Å². The summed E-state index contributed by atoms with van der Waals surface area (Å²) in [6.07, 6.45) is 0. The van der Waals surface area contributed by atoms with Crippen molar-refractivity contribution in [3.63, 3.8) is 0 Å². The maximum atomic E-state index is 12.4. The molecule has 2 aromatic carbocycles. The number of rotatable bonds is 3. The van der Waals surface area contributed by atoms with Crippen LogP contribution in [0.25, 0.3) is 0 Å². The van der Waals surface area contributed by atoms with Crippen LogP contribution in [0.15, 0.2) is 35.2 Å². The van der Waals surface area contributed by atoms with Gasteiger partial charge in [-0.1, -0.05) is 17.7 Å². The van der Waals surface area contributed by atoms with Crippen molar-refractivity contribution in [3.05, 3.63) is 52.0 Å². The fourth-order valence-corrected chi connectivity index (χ4v) is 3.31. The molecule has 0 aromatic heterocycles. The second-order valence-corrected chi connectivity index (χ2v) is 7.09. The van der Waals surface area contributed by atoms with Crippen LogP contribution in [-0.4, -0.2) is 13.5 Å². The number of anilines is 1. The summed E-state index contributed by atoms with van der Waals surface area (Å²) in [5, 5.41) is 10.3. The Morgan fingerprint density at radius 1 is 1.00 bits per heavy atom. The molecular formula is C15H16ClNO3S. The van der Waals surface area contributed by atoms with Crippen LogP contribution in [0.3, 0.4) is 0 Å². The average molecular weight is 326 g/mol. The van der Waals surface area contributed by atoms with Crippen molar-refractivity contribution < 1.29 is 13.5 Å². The number of hydrogen-bond acceptors (Lipinski definition) is 3. The quantitative estimate of drug-likeness (QED) is 0.844. The summed E-state index contributed by atoms with van der Waals surface area (Å²) in [6.45, 7) is 5.40. The van der Waals surface area contributed by atoms with E-state index in [1.165, 1.54) is 12.1 Å². The molecule has 21 heavy (non-hydrogen) atoms. The summed E-state index contributed by atoms with van der Waals surface area (Å²) < 4.78 is 27.1. The number of sulfonamides is 1. The minimum absolute atomic E-state index is 0.0678. The standard InChI is InChI=1S/C15H16ClNO3S/c1-9-4-5-13(7-10(9)2)21(19,20)17-14-8-12(16)6-11(3)15(14)18/h4-8,17-18H,1-3H3. The third kappa shape index (κ3) is 3.31.